The summed E-state index contributed by atoms with van der Waals surface area (Å²) in [5.74, 6) is 0. The highest BCUT2D eigenvalue weighted by atomic mass is 14.2. The van der Waals surface area contributed by atoms with E-state index >= 15 is 0 Å². The first-order valence-electron chi connectivity index (χ1n) is 22.9. The van der Waals surface area contributed by atoms with E-state index in [1.165, 1.54) is 131 Å². The molecule has 0 saturated carbocycles. The fourth-order valence-corrected chi connectivity index (χ4v) is 11.0. The van der Waals surface area contributed by atoms with E-state index in [2.05, 4.69) is 255 Å². The van der Waals surface area contributed by atoms with Crippen molar-refractivity contribution in [3.8, 4) is 66.8 Å². The number of benzene rings is 13. The maximum Gasteiger partial charge on any atom is -0.00201 e. The molecule has 0 heterocycles. The van der Waals surface area contributed by atoms with Crippen LogP contribution in [0.25, 0.3) is 131 Å². The van der Waals surface area contributed by atoms with Crippen LogP contribution in [0.2, 0.25) is 0 Å². The molecule has 0 aliphatic rings. The van der Waals surface area contributed by atoms with Crippen LogP contribution in [0.4, 0.5) is 0 Å². The van der Waals surface area contributed by atoms with Crippen LogP contribution in [0.1, 0.15) is 0 Å². The molecule has 0 aliphatic carbocycles. The third-order valence-electron chi connectivity index (χ3n) is 13.9. The van der Waals surface area contributed by atoms with Gasteiger partial charge in [-0.25, -0.2) is 0 Å². The molecule has 0 atom stereocenters. The molecular weight excluding hydrogens is 793 g/mol. The Hall–Kier alpha value is -8.58. The summed E-state index contributed by atoms with van der Waals surface area (Å²) in [6.45, 7) is 0. The van der Waals surface area contributed by atoms with Gasteiger partial charge in [0.1, 0.15) is 0 Å². The molecule has 0 unspecified atom stereocenters. The van der Waals surface area contributed by atoms with Crippen LogP contribution in [-0.4, -0.2) is 0 Å². The first-order chi connectivity index (χ1) is 32.8. The van der Waals surface area contributed by atoms with Gasteiger partial charge in [-0.3, -0.25) is 0 Å². The standard InChI is InChI=1S/C66H42/c1-3-19-44(20-4-1)63-54-27-11-13-29-56(54)65(57-30-14-12-28-55(57)63)46-37-35-43(36-38-46)47-39-40-52(49-24-8-7-23-48(47)49)53-41-42-62(51-26-10-9-25-50(51)53)66-60-33-17-15-31-58(60)64(45-21-5-2-6-22-45)59-32-16-18-34-61(59)66/h1-42H. The minimum Gasteiger partial charge on any atom is -0.0622 e. The monoisotopic (exact) mass is 834 g/mol. The van der Waals surface area contributed by atoms with E-state index in [-0.39, 0.29) is 0 Å². The Morgan fingerprint density at radius 3 is 0.712 bits per heavy atom. The van der Waals surface area contributed by atoms with Gasteiger partial charge < -0.3 is 0 Å². The van der Waals surface area contributed by atoms with Crippen LogP contribution >= 0.6 is 0 Å². The number of hydrogen-bond acceptors (Lipinski definition) is 0. The zero-order valence-corrected chi connectivity index (χ0v) is 36.2. The molecule has 0 bridgehead atoms. The Bertz CT molecular complexity index is 3900. The Labute approximate surface area is 384 Å². The van der Waals surface area contributed by atoms with Gasteiger partial charge in [-0.1, -0.05) is 255 Å². The normalized spacial score (nSPS) is 11.6. The van der Waals surface area contributed by atoms with Crippen molar-refractivity contribution in [2.45, 2.75) is 0 Å². The van der Waals surface area contributed by atoms with E-state index in [0.29, 0.717) is 0 Å². The van der Waals surface area contributed by atoms with E-state index in [0.717, 1.165) is 0 Å². The summed E-state index contributed by atoms with van der Waals surface area (Å²) >= 11 is 0. The maximum absolute atomic E-state index is 2.37. The van der Waals surface area contributed by atoms with Gasteiger partial charge in [0.2, 0.25) is 0 Å². The van der Waals surface area contributed by atoms with Crippen molar-refractivity contribution in [1.82, 2.24) is 0 Å². The minimum absolute atomic E-state index is 1.20. The summed E-state index contributed by atoms with van der Waals surface area (Å²) in [6.07, 6.45) is 0. The predicted molar refractivity (Wildman–Crippen MR) is 284 cm³/mol. The quantitative estimate of drug-likeness (QED) is 0.146. The molecule has 13 aromatic carbocycles. The van der Waals surface area contributed by atoms with Crippen LogP contribution in [0.15, 0.2) is 255 Å². The van der Waals surface area contributed by atoms with Crippen molar-refractivity contribution in [3.63, 3.8) is 0 Å². The van der Waals surface area contributed by atoms with Crippen molar-refractivity contribution in [3.05, 3.63) is 255 Å². The molecule has 0 aliphatic heterocycles. The van der Waals surface area contributed by atoms with E-state index in [9.17, 15) is 0 Å². The molecule has 13 aromatic rings. The van der Waals surface area contributed by atoms with Crippen molar-refractivity contribution in [2.75, 3.05) is 0 Å². The zero-order chi connectivity index (χ0) is 43.6. The highest BCUT2D eigenvalue weighted by Crippen LogP contribution is 2.48. The average Bonchev–Trinajstić information content (AvgIpc) is 3.39. The molecule has 0 nitrogen and oxygen atoms in total. The van der Waals surface area contributed by atoms with Crippen LogP contribution in [0, 0.1) is 0 Å². The Kier molecular flexibility index (Phi) is 8.96. The fraction of sp³-hybridized carbons (Fsp3) is 0. The molecule has 0 radical (unpaired) electrons. The lowest BCUT2D eigenvalue weighted by molar-refractivity contribution is 1.62. The highest BCUT2D eigenvalue weighted by molar-refractivity contribution is 6.25. The maximum atomic E-state index is 2.37. The Morgan fingerprint density at radius 2 is 0.348 bits per heavy atom. The summed E-state index contributed by atoms with van der Waals surface area (Å²) in [7, 11) is 0. The van der Waals surface area contributed by atoms with Gasteiger partial charge in [0.15, 0.2) is 0 Å². The van der Waals surface area contributed by atoms with Gasteiger partial charge >= 0.3 is 0 Å². The number of rotatable bonds is 6. The summed E-state index contributed by atoms with van der Waals surface area (Å²) in [5.41, 5.74) is 15.0. The van der Waals surface area contributed by atoms with Gasteiger partial charge in [-0.15, -0.1) is 0 Å². The Balaban J connectivity index is 0.947. The SMILES string of the molecule is c1ccc(-c2c3ccccc3c(-c3ccc(-c4ccc(-c5ccc(-c6c7ccccc7c(-c7ccccc7)c7ccccc67)c6ccccc56)c5ccccc45)cc3)c3ccccc23)cc1. The van der Waals surface area contributed by atoms with Crippen molar-refractivity contribution in [2.24, 2.45) is 0 Å². The summed E-state index contributed by atoms with van der Waals surface area (Å²) in [5, 5.41) is 15.1. The molecule has 0 fully saturated rings. The third-order valence-corrected chi connectivity index (χ3v) is 13.9. The second-order valence-corrected chi connectivity index (χ2v) is 17.4. The molecule has 0 aromatic heterocycles. The van der Waals surface area contributed by atoms with Gasteiger partial charge in [0.05, 0.1) is 0 Å². The van der Waals surface area contributed by atoms with Gasteiger partial charge in [0.25, 0.3) is 0 Å². The third kappa shape index (κ3) is 6.00. The lowest BCUT2D eigenvalue weighted by Gasteiger charge is -2.20. The van der Waals surface area contributed by atoms with Crippen LogP contribution in [0.3, 0.4) is 0 Å². The van der Waals surface area contributed by atoms with E-state index in [4.69, 9.17) is 0 Å². The van der Waals surface area contributed by atoms with Crippen LogP contribution < -0.4 is 0 Å². The van der Waals surface area contributed by atoms with E-state index < -0.39 is 0 Å². The largest absolute Gasteiger partial charge is 0.0622 e. The summed E-state index contributed by atoms with van der Waals surface area (Å²) in [6, 6.07) is 93.9. The molecular formula is C66H42. The topological polar surface area (TPSA) is 0 Å². The summed E-state index contributed by atoms with van der Waals surface area (Å²) in [4.78, 5) is 0. The molecule has 0 spiro atoms. The first kappa shape index (κ1) is 37.9. The molecule has 0 heteroatoms. The molecule has 66 heavy (non-hydrogen) atoms. The average molecular weight is 835 g/mol. The predicted octanol–water partition coefficient (Wildman–Crippen LogP) is 18.6. The molecule has 0 N–H and O–H groups in total. The highest BCUT2D eigenvalue weighted by Gasteiger charge is 2.21. The van der Waals surface area contributed by atoms with Crippen LogP contribution in [-0.2, 0) is 0 Å². The van der Waals surface area contributed by atoms with Gasteiger partial charge in [0, 0.05) is 0 Å². The zero-order valence-electron chi connectivity index (χ0n) is 36.2. The number of fused-ring (bicyclic) bond motifs is 6. The summed E-state index contributed by atoms with van der Waals surface area (Å²) < 4.78 is 0. The fourth-order valence-electron chi connectivity index (χ4n) is 11.0. The molecule has 0 amide bonds. The lowest BCUT2D eigenvalue weighted by Crippen LogP contribution is -1.93. The van der Waals surface area contributed by atoms with Crippen molar-refractivity contribution >= 4 is 64.6 Å². The second kappa shape index (κ2) is 15.6. The number of hydrogen-bond donors (Lipinski definition) is 0. The Morgan fingerprint density at radius 1 is 0.121 bits per heavy atom. The first-order valence-corrected chi connectivity index (χ1v) is 22.9. The van der Waals surface area contributed by atoms with Gasteiger partial charge in [-0.05, 0) is 131 Å². The van der Waals surface area contributed by atoms with Gasteiger partial charge in [-0.2, -0.15) is 0 Å². The van der Waals surface area contributed by atoms with E-state index in [1.54, 1.807) is 0 Å². The van der Waals surface area contributed by atoms with E-state index in [1.807, 2.05) is 0 Å². The van der Waals surface area contributed by atoms with Crippen LogP contribution in [0.5, 0.6) is 0 Å². The molecule has 0 saturated heterocycles. The smallest absolute Gasteiger partial charge is 0.00201 e. The lowest BCUT2D eigenvalue weighted by atomic mass is 9.83. The minimum atomic E-state index is 1.20. The second-order valence-electron chi connectivity index (χ2n) is 17.4. The van der Waals surface area contributed by atoms with Crippen molar-refractivity contribution < 1.29 is 0 Å². The molecule has 13 rings (SSSR count). The molecule has 306 valence electrons. The van der Waals surface area contributed by atoms with Crippen molar-refractivity contribution in [1.29, 1.82) is 0 Å².